The van der Waals surface area contributed by atoms with E-state index in [1.165, 1.54) is 12.1 Å². The molecule has 2 N–H and O–H groups in total. The summed E-state index contributed by atoms with van der Waals surface area (Å²) in [5.41, 5.74) is -0.677. The van der Waals surface area contributed by atoms with Crippen LogP contribution in [0.3, 0.4) is 0 Å². The molecule has 0 aromatic heterocycles. The van der Waals surface area contributed by atoms with E-state index in [2.05, 4.69) is 5.32 Å². The summed E-state index contributed by atoms with van der Waals surface area (Å²) in [5.74, 6) is -0.918. The van der Waals surface area contributed by atoms with Crippen molar-refractivity contribution in [3.63, 3.8) is 0 Å². The van der Waals surface area contributed by atoms with Crippen molar-refractivity contribution in [1.82, 2.24) is 0 Å². The molecule has 0 aliphatic heterocycles. The molecule has 0 bridgehead atoms. The molecule has 0 atom stereocenters. The first-order valence-corrected chi connectivity index (χ1v) is 4.76. The van der Waals surface area contributed by atoms with Crippen molar-refractivity contribution < 1.29 is 19.0 Å². The standard InChI is InChI=1S/C11H14FNO3/c1-11(2,3)16-10(15)13-9-5-4-7(14)6-8(9)12/h4-6,14H,1-3H3,(H,13,15). The minimum atomic E-state index is -0.739. The fourth-order valence-corrected chi connectivity index (χ4v) is 1.02. The molecule has 0 saturated heterocycles. The molecular weight excluding hydrogens is 213 g/mol. The van der Waals surface area contributed by atoms with Crippen LogP contribution in [0.4, 0.5) is 14.9 Å². The van der Waals surface area contributed by atoms with Gasteiger partial charge in [0.25, 0.3) is 0 Å². The Labute approximate surface area is 93.0 Å². The number of anilines is 1. The van der Waals surface area contributed by atoms with Gasteiger partial charge in [-0.2, -0.15) is 0 Å². The molecule has 16 heavy (non-hydrogen) atoms. The molecule has 1 amide bonds. The number of hydrogen-bond donors (Lipinski definition) is 2. The molecule has 0 unspecified atom stereocenters. The molecule has 0 aliphatic carbocycles. The fraction of sp³-hybridized carbons (Fsp3) is 0.364. The average molecular weight is 227 g/mol. The molecule has 4 nitrogen and oxygen atoms in total. The zero-order chi connectivity index (χ0) is 12.3. The van der Waals surface area contributed by atoms with Gasteiger partial charge in [0.05, 0.1) is 5.69 Å². The molecule has 0 aliphatic rings. The van der Waals surface area contributed by atoms with Crippen LogP contribution in [0, 0.1) is 5.82 Å². The topological polar surface area (TPSA) is 58.6 Å². The maximum atomic E-state index is 13.2. The normalized spacial score (nSPS) is 11.0. The van der Waals surface area contributed by atoms with Gasteiger partial charge in [0.1, 0.15) is 17.2 Å². The highest BCUT2D eigenvalue weighted by Crippen LogP contribution is 2.20. The number of aromatic hydroxyl groups is 1. The number of nitrogens with one attached hydrogen (secondary N) is 1. The monoisotopic (exact) mass is 227 g/mol. The number of hydrogen-bond acceptors (Lipinski definition) is 3. The highest BCUT2D eigenvalue weighted by Gasteiger charge is 2.17. The minimum Gasteiger partial charge on any atom is -0.508 e. The van der Waals surface area contributed by atoms with Crippen molar-refractivity contribution >= 4 is 11.8 Å². The van der Waals surface area contributed by atoms with Crippen molar-refractivity contribution in [2.75, 3.05) is 5.32 Å². The van der Waals surface area contributed by atoms with Gasteiger partial charge in [0.2, 0.25) is 0 Å². The molecule has 1 aromatic rings. The van der Waals surface area contributed by atoms with Crippen LogP contribution < -0.4 is 5.32 Å². The lowest BCUT2D eigenvalue weighted by molar-refractivity contribution is 0.0635. The quantitative estimate of drug-likeness (QED) is 0.725. The number of phenolic OH excluding ortho intramolecular Hbond substituents is 1. The molecule has 1 aromatic carbocycles. The summed E-state index contributed by atoms with van der Waals surface area (Å²) < 4.78 is 18.2. The summed E-state index contributed by atoms with van der Waals surface area (Å²) in [5, 5.41) is 11.2. The number of carbonyl (C=O) groups is 1. The Morgan fingerprint density at radius 2 is 2.06 bits per heavy atom. The second-order valence-electron chi connectivity index (χ2n) is 4.29. The molecule has 0 radical (unpaired) electrons. The molecule has 5 heteroatoms. The second kappa shape index (κ2) is 4.38. The summed E-state index contributed by atoms with van der Waals surface area (Å²) in [6.07, 6.45) is -0.739. The second-order valence-corrected chi connectivity index (χ2v) is 4.29. The molecule has 0 fully saturated rings. The van der Waals surface area contributed by atoms with E-state index in [0.717, 1.165) is 6.07 Å². The average Bonchev–Trinajstić information content (AvgIpc) is 2.06. The van der Waals surface area contributed by atoms with Crippen molar-refractivity contribution in [3.05, 3.63) is 24.0 Å². The summed E-state index contributed by atoms with van der Waals surface area (Å²) in [6, 6.07) is 3.44. The number of benzene rings is 1. The van der Waals surface area contributed by atoms with Gasteiger partial charge in [-0.3, -0.25) is 5.32 Å². The van der Waals surface area contributed by atoms with Gasteiger partial charge in [0.15, 0.2) is 0 Å². The number of halogens is 1. The smallest absolute Gasteiger partial charge is 0.412 e. The first-order chi connectivity index (χ1) is 7.28. The van der Waals surface area contributed by atoms with E-state index in [4.69, 9.17) is 9.84 Å². The number of rotatable bonds is 1. The molecule has 0 heterocycles. The maximum absolute atomic E-state index is 13.2. The first kappa shape index (κ1) is 12.3. The molecule has 1 rings (SSSR count). The Morgan fingerprint density at radius 3 is 2.56 bits per heavy atom. The van der Waals surface area contributed by atoms with Crippen LogP contribution >= 0.6 is 0 Å². The highest BCUT2D eigenvalue weighted by atomic mass is 19.1. The largest absolute Gasteiger partial charge is 0.508 e. The van der Waals surface area contributed by atoms with Crippen molar-refractivity contribution in [2.24, 2.45) is 0 Å². The van der Waals surface area contributed by atoms with E-state index in [-0.39, 0.29) is 11.4 Å². The number of amides is 1. The van der Waals surface area contributed by atoms with Crippen LogP contribution in [0.25, 0.3) is 0 Å². The van der Waals surface area contributed by atoms with Gasteiger partial charge < -0.3 is 9.84 Å². The number of ether oxygens (including phenoxy) is 1. The third-order valence-corrected chi connectivity index (χ3v) is 1.59. The Balaban J connectivity index is 2.70. The van der Waals surface area contributed by atoms with Crippen molar-refractivity contribution in [2.45, 2.75) is 26.4 Å². The van der Waals surface area contributed by atoms with Crippen LogP contribution in [-0.4, -0.2) is 16.8 Å². The zero-order valence-corrected chi connectivity index (χ0v) is 9.37. The van der Waals surface area contributed by atoms with Gasteiger partial charge in [-0.15, -0.1) is 0 Å². The van der Waals surface area contributed by atoms with E-state index in [0.29, 0.717) is 0 Å². The summed E-state index contributed by atoms with van der Waals surface area (Å²) >= 11 is 0. The Bertz CT molecular complexity index is 399. The van der Waals surface area contributed by atoms with Crippen LogP contribution in [0.1, 0.15) is 20.8 Å². The molecule has 0 saturated carbocycles. The van der Waals surface area contributed by atoms with Crippen molar-refractivity contribution in [1.29, 1.82) is 0 Å². The van der Waals surface area contributed by atoms with E-state index in [1.807, 2.05) is 0 Å². The number of carbonyl (C=O) groups excluding carboxylic acids is 1. The Kier molecular flexibility index (Phi) is 3.37. The lowest BCUT2D eigenvalue weighted by atomic mass is 10.2. The Hall–Kier alpha value is -1.78. The SMILES string of the molecule is CC(C)(C)OC(=O)Nc1ccc(O)cc1F. The lowest BCUT2D eigenvalue weighted by Gasteiger charge is -2.19. The highest BCUT2D eigenvalue weighted by molar-refractivity contribution is 5.85. The molecular formula is C11H14FNO3. The van der Waals surface area contributed by atoms with E-state index >= 15 is 0 Å². The summed E-state index contributed by atoms with van der Waals surface area (Å²) in [7, 11) is 0. The van der Waals surface area contributed by atoms with Crippen molar-refractivity contribution in [3.8, 4) is 5.75 Å². The van der Waals surface area contributed by atoms with Gasteiger partial charge >= 0.3 is 6.09 Å². The fourth-order valence-electron chi connectivity index (χ4n) is 1.02. The summed E-state index contributed by atoms with van der Waals surface area (Å²) in [6.45, 7) is 5.12. The predicted octanol–water partition coefficient (Wildman–Crippen LogP) is 2.88. The number of phenols is 1. The van der Waals surface area contributed by atoms with Crippen LogP contribution in [0.5, 0.6) is 5.75 Å². The first-order valence-electron chi connectivity index (χ1n) is 4.76. The lowest BCUT2D eigenvalue weighted by Crippen LogP contribution is -2.27. The molecule has 88 valence electrons. The summed E-state index contributed by atoms with van der Waals surface area (Å²) in [4.78, 5) is 11.3. The predicted molar refractivity (Wildman–Crippen MR) is 57.9 cm³/mol. The Morgan fingerprint density at radius 1 is 1.44 bits per heavy atom. The third-order valence-electron chi connectivity index (χ3n) is 1.59. The van der Waals surface area contributed by atoms with Crippen LogP contribution in [0.15, 0.2) is 18.2 Å². The van der Waals surface area contributed by atoms with E-state index in [1.54, 1.807) is 20.8 Å². The molecule has 0 spiro atoms. The van der Waals surface area contributed by atoms with Gasteiger partial charge in [-0.1, -0.05) is 0 Å². The van der Waals surface area contributed by atoms with Gasteiger partial charge in [0, 0.05) is 6.07 Å². The minimum absolute atomic E-state index is 0.0351. The van der Waals surface area contributed by atoms with E-state index in [9.17, 15) is 9.18 Å². The zero-order valence-electron chi connectivity index (χ0n) is 9.37. The van der Waals surface area contributed by atoms with Gasteiger partial charge in [-0.25, -0.2) is 9.18 Å². The van der Waals surface area contributed by atoms with Crippen LogP contribution in [-0.2, 0) is 4.74 Å². The van der Waals surface area contributed by atoms with E-state index < -0.39 is 17.5 Å². The van der Waals surface area contributed by atoms with Crippen LogP contribution in [0.2, 0.25) is 0 Å². The maximum Gasteiger partial charge on any atom is 0.412 e. The third kappa shape index (κ3) is 3.76. The van der Waals surface area contributed by atoms with Gasteiger partial charge in [-0.05, 0) is 32.9 Å².